The van der Waals surface area contributed by atoms with Gasteiger partial charge in [0.25, 0.3) is 0 Å². The monoisotopic (exact) mass is 289 g/mol. The molecule has 0 unspecified atom stereocenters. The van der Waals surface area contributed by atoms with E-state index in [-0.39, 0.29) is 5.91 Å². The van der Waals surface area contributed by atoms with Crippen LogP contribution in [0.4, 0.5) is 4.79 Å². The maximum atomic E-state index is 12.1. The van der Waals surface area contributed by atoms with Crippen LogP contribution in [-0.2, 0) is 9.53 Å². The maximum absolute atomic E-state index is 12.1. The fraction of sp³-hybridized carbons (Fsp3) is 0.833. The molecule has 7 heteroatoms. The minimum absolute atomic E-state index is 0.0464. The second-order valence-corrected chi connectivity index (χ2v) is 5.50. The van der Waals surface area contributed by atoms with Gasteiger partial charge in [-0.15, -0.1) is 0 Å². The second kappa shape index (κ2) is 8.27. The highest BCUT2D eigenvalue weighted by Gasteiger charge is 2.25. The van der Waals surface area contributed by atoms with Crippen LogP contribution in [0.5, 0.6) is 0 Å². The van der Waals surface area contributed by atoms with Gasteiger partial charge in [-0.2, -0.15) is 11.8 Å². The van der Waals surface area contributed by atoms with E-state index in [1.54, 1.807) is 11.8 Å². The Hall–Kier alpha value is -0.950. The Morgan fingerprint density at radius 2 is 1.95 bits per heavy atom. The molecule has 1 N–H and O–H groups in total. The first-order valence-electron chi connectivity index (χ1n) is 6.43. The number of nitrogens with one attached hydrogen (secondary N) is 1. The first kappa shape index (κ1) is 16.1. The van der Waals surface area contributed by atoms with Gasteiger partial charge in [0.15, 0.2) is 0 Å². The Labute approximate surface area is 118 Å². The molecule has 1 aliphatic heterocycles. The van der Waals surface area contributed by atoms with Gasteiger partial charge in [0, 0.05) is 38.5 Å². The quantitative estimate of drug-likeness (QED) is 0.785. The molecule has 0 aromatic rings. The molecule has 2 amide bonds. The van der Waals surface area contributed by atoms with E-state index < -0.39 is 12.1 Å². The van der Waals surface area contributed by atoms with Gasteiger partial charge in [0.05, 0.1) is 7.11 Å². The van der Waals surface area contributed by atoms with Gasteiger partial charge in [0.1, 0.15) is 6.04 Å². The third kappa shape index (κ3) is 5.28. The third-order valence-electron chi connectivity index (χ3n) is 3.19. The summed E-state index contributed by atoms with van der Waals surface area (Å²) in [5.74, 6) is 1.07. The van der Waals surface area contributed by atoms with E-state index in [1.165, 1.54) is 7.11 Å². The first-order chi connectivity index (χ1) is 9.08. The lowest BCUT2D eigenvalue weighted by atomic mass is 10.2. The van der Waals surface area contributed by atoms with Crippen molar-refractivity contribution in [3.05, 3.63) is 0 Å². The highest BCUT2D eigenvalue weighted by atomic mass is 32.2. The summed E-state index contributed by atoms with van der Waals surface area (Å²) < 4.78 is 4.49. The van der Waals surface area contributed by atoms with Crippen LogP contribution >= 0.6 is 11.8 Å². The van der Waals surface area contributed by atoms with E-state index in [4.69, 9.17) is 0 Å². The molecule has 0 aliphatic carbocycles. The Morgan fingerprint density at radius 1 is 1.32 bits per heavy atom. The number of carbonyl (C=O) groups is 2. The van der Waals surface area contributed by atoms with Crippen LogP contribution in [0.25, 0.3) is 0 Å². The van der Waals surface area contributed by atoms with E-state index in [2.05, 4.69) is 21.2 Å². The van der Waals surface area contributed by atoms with Crippen molar-refractivity contribution in [3.63, 3.8) is 0 Å². The Morgan fingerprint density at radius 3 is 2.47 bits per heavy atom. The average molecular weight is 289 g/mol. The van der Waals surface area contributed by atoms with E-state index in [0.29, 0.717) is 0 Å². The molecule has 0 saturated carbocycles. The number of hydrogen-bond acceptors (Lipinski definition) is 5. The van der Waals surface area contributed by atoms with E-state index in [1.807, 2.05) is 11.8 Å². The van der Waals surface area contributed by atoms with Crippen LogP contribution in [0.3, 0.4) is 0 Å². The molecule has 110 valence electrons. The van der Waals surface area contributed by atoms with Crippen molar-refractivity contribution in [2.45, 2.75) is 13.0 Å². The summed E-state index contributed by atoms with van der Waals surface area (Å²) in [6, 6.07) is -0.537. The second-order valence-electron chi connectivity index (χ2n) is 4.52. The minimum atomic E-state index is -0.570. The number of ether oxygens (including phenoxy) is 1. The van der Waals surface area contributed by atoms with E-state index in [9.17, 15) is 9.59 Å². The highest BCUT2D eigenvalue weighted by Crippen LogP contribution is 2.05. The Kier molecular flexibility index (Phi) is 7.01. The zero-order chi connectivity index (χ0) is 14.3. The third-order valence-corrected chi connectivity index (χ3v) is 3.78. The molecule has 1 atom stereocenters. The molecule has 1 fully saturated rings. The number of carbonyl (C=O) groups excluding carboxylic acids is 2. The van der Waals surface area contributed by atoms with Gasteiger partial charge < -0.3 is 15.0 Å². The van der Waals surface area contributed by atoms with Crippen LogP contribution < -0.4 is 5.32 Å². The average Bonchev–Trinajstić information content (AvgIpc) is 2.44. The van der Waals surface area contributed by atoms with Crippen molar-refractivity contribution >= 4 is 23.8 Å². The molecule has 19 heavy (non-hydrogen) atoms. The van der Waals surface area contributed by atoms with Crippen molar-refractivity contribution in [1.29, 1.82) is 0 Å². The molecule has 0 radical (unpaired) electrons. The number of hydrogen-bond donors (Lipinski definition) is 1. The molecule has 0 aromatic heterocycles. The summed E-state index contributed by atoms with van der Waals surface area (Å²) in [5, 5.41) is 2.50. The SMILES string of the molecule is COC(=O)N[C@@H](C)C(=O)N1CCN(CCSC)CC1. The topological polar surface area (TPSA) is 61.9 Å². The zero-order valence-corrected chi connectivity index (χ0v) is 12.7. The summed E-state index contributed by atoms with van der Waals surface area (Å²) in [5.41, 5.74) is 0. The lowest BCUT2D eigenvalue weighted by molar-refractivity contribution is -0.134. The fourth-order valence-electron chi connectivity index (χ4n) is 1.98. The number of methoxy groups -OCH3 is 1. The lowest BCUT2D eigenvalue weighted by Gasteiger charge is -2.35. The van der Waals surface area contributed by atoms with Crippen LogP contribution in [0.2, 0.25) is 0 Å². The summed E-state index contributed by atoms with van der Waals surface area (Å²) in [7, 11) is 1.29. The fourth-order valence-corrected chi connectivity index (χ4v) is 2.42. The summed E-state index contributed by atoms with van der Waals surface area (Å²) >= 11 is 1.83. The Bertz CT molecular complexity index is 307. The van der Waals surface area contributed by atoms with Gasteiger partial charge in [0.2, 0.25) is 5.91 Å². The molecule has 1 aliphatic rings. The molecular weight excluding hydrogens is 266 g/mol. The standard InChI is InChI=1S/C12H23N3O3S/c1-10(13-12(17)18-2)11(16)15-6-4-14(5-7-15)8-9-19-3/h10H,4-9H2,1-3H3,(H,13,17)/t10-/m0/s1. The first-order valence-corrected chi connectivity index (χ1v) is 7.82. The Balaban J connectivity index is 2.33. The highest BCUT2D eigenvalue weighted by molar-refractivity contribution is 7.98. The lowest BCUT2D eigenvalue weighted by Crippen LogP contribution is -2.54. The molecule has 1 heterocycles. The number of piperazine rings is 1. The molecule has 1 saturated heterocycles. The van der Waals surface area contributed by atoms with Crippen LogP contribution in [0.1, 0.15) is 6.92 Å². The van der Waals surface area contributed by atoms with Gasteiger partial charge in [-0.05, 0) is 13.2 Å². The summed E-state index contributed by atoms with van der Waals surface area (Å²) in [6.45, 7) is 5.99. The smallest absolute Gasteiger partial charge is 0.407 e. The summed E-state index contributed by atoms with van der Waals surface area (Å²) in [6.07, 6.45) is 1.53. The minimum Gasteiger partial charge on any atom is -0.453 e. The van der Waals surface area contributed by atoms with Crippen molar-refractivity contribution in [3.8, 4) is 0 Å². The maximum Gasteiger partial charge on any atom is 0.407 e. The molecule has 6 nitrogen and oxygen atoms in total. The van der Waals surface area contributed by atoms with Gasteiger partial charge in [-0.3, -0.25) is 9.69 Å². The van der Waals surface area contributed by atoms with Gasteiger partial charge in [-0.25, -0.2) is 4.79 Å². The normalized spacial score (nSPS) is 17.9. The molecule has 0 spiro atoms. The van der Waals surface area contributed by atoms with Crippen molar-refractivity contribution in [2.75, 3.05) is 51.8 Å². The largest absolute Gasteiger partial charge is 0.453 e. The van der Waals surface area contributed by atoms with Crippen LogP contribution in [0, 0.1) is 0 Å². The predicted octanol–water partition coefficient (Wildman–Crippen LogP) is 0.238. The van der Waals surface area contributed by atoms with Crippen molar-refractivity contribution in [1.82, 2.24) is 15.1 Å². The summed E-state index contributed by atoms with van der Waals surface area (Å²) in [4.78, 5) is 27.3. The molecule has 1 rings (SSSR count). The number of thioether (sulfide) groups is 1. The number of alkyl carbamates (subject to hydrolysis) is 1. The predicted molar refractivity (Wildman–Crippen MR) is 76.4 cm³/mol. The zero-order valence-electron chi connectivity index (χ0n) is 11.8. The van der Waals surface area contributed by atoms with E-state index >= 15 is 0 Å². The molecule has 0 bridgehead atoms. The molecule has 0 aromatic carbocycles. The number of rotatable bonds is 5. The van der Waals surface area contributed by atoms with Crippen molar-refractivity contribution < 1.29 is 14.3 Å². The van der Waals surface area contributed by atoms with Crippen LogP contribution in [-0.4, -0.2) is 79.7 Å². The molecular formula is C12H23N3O3S. The number of nitrogens with zero attached hydrogens (tertiary/aromatic N) is 2. The van der Waals surface area contributed by atoms with Crippen LogP contribution in [0.15, 0.2) is 0 Å². The van der Waals surface area contributed by atoms with Gasteiger partial charge >= 0.3 is 6.09 Å². The van der Waals surface area contributed by atoms with Gasteiger partial charge in [-0.1, -0.05) is 0 Å². The number of amides is 2. The van der Waals surface area contributed by atoms with E-state index in [0.717, 1.165) is 38.5 Å². The van der Waals surface area contributed by atoms with Crippen molar-refractivity contribution in [2.24, 2.45) is 0 Å².